The van der Waals surface area contributed by atoms with Gasteiger partial charge in [-0.05, 0) is 18.6 Å². The third kappa shape index (κ3) is 2.69. The van der Waals surface area contributed by atoms with Crippen LogP contribution in [-0.4, -0.2) is 21.6 Å². The molecule has 6 heteroatoms. The highest BCUT2D eigenvalue weighted by atomic mass is 32.2. The number of nitrogens with one attached hydrogen (secondary N) is 1. The first-order chi connectivity index (χ1) is 6.97. The van der Waals surface area contributed by atoms with Crippen molar-refractivity contribution in [3.05, 3.63) is 29.8 Å². The van der Waals surface area contributed by atoms with Crippen LogP contribution in [0.4, 0.5) is 4.79 Å². The monoisotopic (exact) mass is 229 g/mol. The van der Waals surface area contributed by atoms with E-state index in [-0.39, 0.29) is 4.90 Å². The number of carbonyl (C=O) groups is 1. The van der Waals surface area contributed by atoms with Crippen LogP contribution < -0.4 is 4.72 Å². The molecule has 0 heterocycles. The SMILES string of the molecule is COC(=O)NS(=O)(=O)c1ccccc1C. The largest absolute Gasteiger partial charge is 0.452 e. The molecule has 0 radical (unpaired) electrons. The van der Waals surface area contributed by atoms with Crippen LogP contribution >= 0.6 is 0 Å². The van der Waals surface area contributed by atoms with Gasteiger partial charge >= 0.3 is 6.09 Å². The number of amides is 1. The van der Waals surface area contributed by atoms with Crippen LogP contribution in [0.25, 0.3) is 0 Å². The second kappa shape index (κ2) is 4.31. The van der Waals surface area contributed by atoms with Gasteiger partial charge in [0.1, 0.15) is 0 Å². The smallest absolute Gasteiger partial charge is 0.420 e. The van der Waals surface area contributed by atoms with E-state index in [2.05, 4.69) is 4.74 Å². The Hall–Kier alpha value is -1.56. The van der Waals surface area contributed by atoms with Crippen LogP contribution in [0, 0.1) is 6.92 Å². The van der Waals surface area contributed by atoms with Crippen LogP contribution in [0.3, 0.4) is 0 Å². The van der Waals surface area contributed by atoms with Crippen LogP contribution in [0.2, 0.25) is 0 Å². The Morgan fingerprint density at radius 1 is 1.33 bits per heavy atom. The van der Waals surface area contributed by atoms with Gasteiger partial charge in [-0.3, -0.25) is 0 Å². The molecule has 15 heavy (non-hydrogen) atoms. The lowest BCUT2D eigenvalue weighted by atomic mass is 10.2. The number of aryl methyl sites for hydroxylation is 1. The maximum Gasteiger partial charge on any atom is 0.420 e. The Balaban J connectivity index is 3.07. The van der Waals surface area contributed by atoms with E-state index in [0.29, 0.717) is 5.56 Å². The highest BCUT2D eigenvalue weighted by Gasteiger charge is 2.19. The lowest BCUT2D eigenvalue weighted by molar-refractivity contribution is 0.177. The summed E-state index contributed by atoms with van der Waals surface area (Å²) < 4.78 is 29.2. The average molecular weight is 229 g/mol. The number of ether oxygens (including phenoxy) is 1. The topological polar surface area (TPSA) is 72.5 Å². The van der Waals surface area contributed by atoms with Gasteiger partial charge in [-0.1, -0.05) is 18.2 Å². The molecule has 0 saturated carbocycles. The molecule has 1 amide bonds. The van der Waals surface area contributed by atoms with E-state index < -0.39 is 16.1 Å². The molecule has 1 N–H and O–H groups in total. The molecule has 0 aliphatic heterocycles. The van der Waals surface area contributed by atoms with E-state index in [1.165, 1.54) is 6.07 Å². The predicted molar refractivity (Wildman–Crippen MR) is 53.9 cm³/mol. The van der Waals surface area contributed by atoms with Gasteiger partial charge < -0.3 is 4.74 Å². The first kappa shape index (κ1) is 11.5. The average Bonchev–Trinajstić information content (AvgIpc) is 2.17. The Bertz CT molecular complexity index is 467. The summed E-state index contributed by atoms with van der Waals surface area (Å²) in [7, 11) is -2.73. The molecule has 0 aromatic heterocycles. The molecule has 0 bridgehead atoms. The first-order valence-electron chi connectivity index (χ1n) is 4.14. The van der Waals surface area contributed by atoms with Gasteiger partial charge in [-0.25, -0.2) is 17.9 Å². The number of methoxy groups -OCH3 is 1. The first-order valence-corrected chi connectivity index (χ1v) is 5.62. The van der Waals surface area contributed by atoms with Gasteiger partial charge in [0.2, 0.25) is 0 Å². The normalized spacial score (nSPS) is 10.8. The zero-order valence-electron chi connectivity index (χ0n) is 8.35. The Kier molecular flexibility index (Phi) is 3.31. The van der Waals surface area contributed by atoms with Crippen LogP contribution in [0.15, 0.2) is 29.2 Å². The third-order valence-corrected chi connectivity index (χ3v) is 3.26. The molecule has 1 rings (SSSR count). The third-order valence-electron chi connectivity index (χ3n) is 1.79. The molecule has 0 saturated heterocycles. The zero-order chi connectivity index (χ0) is 11.5. The maximum absolute atomic E-state index is 11.6. The molecule has 0 fully saturated rings. The fourth-order valence-corrected chi connectivity index (χ4v) is 2.23. The van der Waals surface area contributed by atoms with E-state index in [1.807, 2.05) is 0 Å². The standard InChI is InChI=1S/C9H11NO4S/c1-7-5-3-4-6-8(7)15(12,13)10-9(11)14-2/h3-6H,1-2H3,(H,10,11). The zero-order valence-corrected chi connectivity index (χ0v) is 9.17. The Morgan fingerprint density at radius 2 is 1.93 bits per heavy atom. The minimum Gasteiger partial charge on any atom is -0.452 e. The summed E-state index contributed by atoms with van der Waals surface area (Å²) in [5.41, 5.74) is 0.564. The fourth-order valence-electron chi connectivity index (χ4n) is 1.06. The maximum atomic E-state index is 11.6. The molecular weight excluding hydrogens is 218 g/mol. The summed E-state index contributed by atoms with van der Waals surface area (Å²) in [5, 5.41) is 0. The number of rotatable bonds is 2. The molecule has 1 aromatic rings. The van der Waals surface area contributed by atoms with Crippen molar-refractivity contribution in [2.24, 2.45) is 0 Å². The van der Waals surface area contributed by atoms with Gasteiger partial charge in [-0.2, -0.15) is 0 Å². The number of carbonyl (C=O) groups excluding carboxylic acids is 1. The van der Waals surface area contributed by atoms with Crippen molar-refractivity contribution < 1.29 is 17.9 Å². The molecule has 0 aliphatic rings. The van der Waals surface area contributed by atoms with Crippen LogP contribution in [-0.2, 0) is 14.8 Å². The minimum absolute atomic E-state index is 0.0652. The summed E-state index contributed by atoms with van der Waals surface area (Å²) in [4.78, 5) is 10.9. The molecule has 0 aliphatic carbocycles. The highest BCUT2D eigenvalue weighted by Crippen LogP contribution is 2.13. The van der Waals surface area contributed by atoms with Gasteiger partial charge in [0.25, 0.3) is 10.0 Å². The molecule has 0 unspecified atom stereocenters. The molecule has 0 spiro atoms. The van der Waals surface area contributed by atoms with Gasteiger partial charge in [0, 0.05) is 0 Å². The molecule has 82 valence electrons. The Morgan fingerprint density at radius 3 is 2.47 bits per heavy atom. The quantitative estimate of drug-likeness (QED) is 0.822. The summed E-state index contributed by atoms with van der Waals surface area (Å²) in [5.74, 6) is 0. The summed E-state index contributed by atoms with van der Waals surface area (Å²) in [6.45, 7) is 1.64. The Labute approximate surface area is 88.1 Å². The second-order valence-electron chi connectivity index (χ2n) is 2.86. The molecule has 1 aromatic carbocycles. The predicted octanol–water partition coefficient (Wildman–Crippen LogP) is 1.04. The molecular formula is C9H11NO4S. The van der Waals surface area contributed by atoms with Crippen molar-refractivity contribution in [1.82, 2.24) is 4.72 Å². The van der Waals surface area contributed by atoms with E-state index >= 15 is 0 Å². The van der Waals surface area contributed by atoms with E-state index in [1.54, 1.807) is 29.8 Å². The van der Waals surface area contributed by atoms with Gasteiger partial charge in [0.15, 0.2) is 0 Å². The summed E-state index contributed by atoms with van der Waals surface area (Å²) in [6.07, 6.45) is -1.00. The molecule has 0 atom stereocenters. The number of hydrogen-bond acceptors (Lipinski definition) is 4. The minimum atomic E-state index is -3.83. The van der Waals surface area contributed by atoms with Crippen molar-refractivity contribution in [3.8, 4) is 0 Å². The van der Waals surface area contributed by atoms with Gasteiger partial charge in [-0.15, -0.1) is 0 Å². The fraction of sp³-hybridized carbons (Fsp3) is 0.222. The lowest BCUT2D eigenvalue weighted by Gasteiger charge is -2.07. The van der Waals surface area contributed by atoms with E-state index in [9.17, 15) is 13.2 Å². The van der Waals surface area contributed by atoms with Crippen LogP contribution in [0.5, 0.6) is 0 Å². The van der Waals surface area contributed by atoms with Gasteiger partial charge in [0.05, 0.1) is 12.0 Å². The van der Waals surface area contributed by atoms with Crippen molar-refractivity contribution in [2.45, 2.75) is 11.8 Å². The van der Waals surface area contributed by atoms with Crippen LogP contribution in [0.1, 0.15) is 5.56 Å². The lowest BCUT2D eigenvalue weighted by Crippen LogP contribution is -2.30. The number of benzene rings is 1. The molecule has 5 nitrogen and oxygen atoms in total. The highest BCUT2D eigenvalue weighted by molar-refractivity contribution is 7.90. The van der Waals surface area contributed by atoms with E-state index in [0.717, 1.165) is 7.11 Å². The summed E-state index contributed by atoms with van der Waals surface area (Å²) in [6, 6.07) is 6.36. The van der Waals surface area contributed by atoms with Crippen molar-refractivity contribution in [1.29, 1.82) is 0 Å². The van der Waals surface area contributed by atoms with Crippen molar-refractivity contribution in [3.63, 3.8) is 0 Å². The van der Waals surface area contributed by atoms with Crippen molar-refractivity contribution in [2.75, 3.05) is 7.11 Å². The van der Waals surface area contributed by atoms with E-state index in [4.69, 9.17) is 0 Å². The van der Waals surface area contributed by atoms with Crippen molar-refractivity contribution >= 4 is 16.1 Å². The number of sulfonamides is 1. The summed E-state index contributed by atoms with van der Waals surface area (Å²) >= 11 is 0. The second-order valence-corrected chi connectivity index (χ2v) is 4.51. The number of hydrogen-bond donors (Lipinski definition) is 1.